The van der Waals surface area contributed by atoms with E-state index in [0.29, 0.717) is 31.2 Å². The number of anilines is 2. The minimum atomic E-state index is -0.614. The lowest BCUT2D eigenvalue weighted by atomic mass is 10.1. The maximum atomic E-state index is 13.3. The molecule has 1 unspecified atom stereocenters. The summed E-state index contributed by atoms with van der Waals surface area (Å²) in [6.45, 7) is 1.47. The molecule has 2 aliphatic rings. The van der Waals surface area contributed by atoms with E-state index in [2.05, 4.69) is 20.6 Å². The molecule has 0 bridgehead atoms. The first-order chi connectivity index (χ1) is 18.6. The van der Waals surface area contributed by atoms with Crippen LogP contribution in [-0.2, 0) is 17.8 Å². The average molecular weight is 518 g/mol. The van der Waals surface area contributed by atoms with Gasteiger partial charge in [-0.1, -0.05) is 12.1 Å². The van der Waals surface area contributed by atoms with Gasteiger partial charge in [-0.3, -0.25) is 9.59 Å². The topological polar surface area (TPSA) is 115 Å². The normalized spacial score (nSPS) is 16.7. The largest absolute Gasteiger partial charge is 0.497 e. The molecule has 10 heteroatoms. The monoisotopic (exact) mass is 517 g/mol. The zero-order valence-corrected chi connectivity index (χ0v) is 21.5. The molecule has 0 saturated carbocycles. The van der Waals surface area contributed by atoms with Crippen molar-refractivity contribution >= 4 is 23.5 Å². The van der Waals surface area contributed by atoms with Gasteiger partial charge in [0.1, 0.15) is 29.7 Å². The smallest absolute Gasteiger partial charge is 0.259 e. The summed E-state index contributed by atoms with van der Waals surface area (Å²) in [6, 6.07) is 12.8. The molecular formula is C28H31N5O5. The lowest BCUT2D eigenvalue weighted by Crippen LogP contribution is -2.45. The molecule has 3 heterocycles. The Balaban J connectivity index is 1.43. The molecule has 198 valence electrons. The molecular weight excluding hydrogens is 486 g/mol. The Bertz CT molecular complexity index is 1330. The minimum Gasteiger partial charge on any atom is -0.497 e. The van der Waals surface area contributed by atoms with Gasteiger partial charge in [0.2, 0.25) is 17.7 Å². The molecule has 0 aliphatic carbocycles. The number of hydrogen-bond acceptors (Lipinski definition) is 8. The number of fused-ring (bicyclic) bond motifs is 1. The highest BCUT2D eigenvalue weighted by molar-refractivity contribution is 5.99. The molecule has 10 nitrogen and oxygen atoms in total. The first-order valence-corrected chi connectivity index (χ1v) is 12.7. The van der Waals surface area contributed by atoms with E-state index in [4.69, 9.17) is 14.2 Å². The van der Waals surface area contributed by atoms with Crippen LogP contribution in [0.5, 0.6) is 17.4 Å². The number of aromatic nitrogens is 2. The number of hydrogen-bond donors (Lipinski definition) is 2. The van der Waals surface area contributed by atoms with Gasteiger partial charge in [-0.25, -0.2) is 4.98 Å². The first-order valence-electron chi connectivity index (χ1n) is 12.7. The molecule has 0 radical (unpaired) electrons. The average Bonchev–Trinajstić information content (AvgIpc) is 3.27. The third-order valence-electron chi connectivity index (χ3n) is 6.76. The molecule has 2 aromatic carbocycles. The number of rotatable bonds is 8. The Morgan fingerprint density at radius 2 is 1.97 bits per heavy atom. The second kappa shape index (κ2) is 11.4. The maximum absolute atomic E-state index is 13.3. The van der Waals surface area contributed by atoms with Crippen LogP contribution in [0.2, 0.25) is 0 Å². The second-order valence-electron chi connectivity index (χ2n) is 9.24. The predicted octanol–water partition coefficient (Wildman–Crippen LogP) is 3.17. The Hall–Kier alpha value is -4.34. The van der Waals surface area contributed by atoms with E-state index in [-0.39, 0.29) is 24.0 Å². The van der Waals surface area contributed by atoms with Crippen molar-refractivity contribution in [3.8, 4) is 17.4 Å². The number of amides is 2. The zero-order valence-electron chi connectivity index (χ0n) is 21.5. The highest BCUT2D eigenvalue weighted by Crippen LogP contribution is 2.36. The molecule has 1 fully saturated rings. The molecule has 2 aliphatic heterocycles. The summed E-state index contributed by atoms with van der Waals surface area (Å²) < 4.78 is 16.8. The van der Waals surface area contributed by atoms with Crippen molar-refractivity contribution in [2.45, 2.75) is 38.3 Å². The van der Waals surface area contributed by atoms with Gasteiger partial charge in [0, 0.05) is 25.0 Å². The van der Waals surface area contributed by atoms with E-state index in [1.54, 1.807) is 14.2 Å². The fraction of sp³-hybridized carbons (Fsp3) is 0.357. The van der Waals surface area contributed by atoms with Crippen LogP contribution in [0.25, 0.3) is 0 Å². The summed E-state index contributed by atoms with van der Waals surface area (Å²) in [6.07, 6.45) is 4.58. The second-order valence-corrected chi connectivity index (χ2v) is 9.24. The summed E-state index contributed by atoms with van der Waals surface area (Å²) in [7, 11) is 3.25. The summed E-state index contributed by atoms with van der Waals surface area (Å²) in [4.78, 5) is 36.9. The van der Waals surface area contributed by atoms with Gasteiger partial charge in [0.05, 0.1) is 14.2 Å². The summed E-state index contributed by atoms with van der Waals surface area (Å²) in [5.74, 6) is 1.44. The fourth-order valence-corrected chi connectivity index (χ4v) is 4.69. The van der Waals surface area contributed by atoms with Gasteiger partial charge in [-0.05, 0) is 67.1 Å². The van der Waals surface area contributed by atoms with Gasteiger partial charge >= 0.3 is 0 Å². The number of carbonyl (C=O) groups excluding carboxylic acids is 2. The summed E-state index contributed by atoms with van der Waals surface area (Å²) in [5.41, 5.74) is 3.14. The van der Waals surface area contributed by atoms with Crippen molar-refractivity contribution in [2.75, 3.05) is 32.2 Å². The van der Waals surface area contributed by atoms with Crippen molar-refractivity contribution in [3.05, 3.63) is 65.4 Å². The molecule has 3 aromatic rings. The number of carbonyl (C=O) groups is 2. The quantitative estimate of drug-likeness (QED) is 0.468. The number of nitrogens with zero attached hydrogens (tertiary/aromatic N) is 3. The molecule has 1 atom stereocenters. The van der Waals surface area contributed by atoms with Crippen molar-refractivity contribution in [1.82, 2.24) is 20.6 Å². The van der Waals surface area contributed by atoms with Crippen LogP contribution in [0.4, 0.5) is 11.6 Å². The van der Waals surface area contributed by atoms with E-state index in [9.17, 15) is 9.59 Å². The van der Waals surface area contributed by atoms with Gasteiger partial charge in [-0.2, -0.15) is 4.98 Å². The van der Waals surface area contributed by atoms with Crippen LogP contribution >= 0.6 is 0 Å². The van der Waals surface area contributed by atoms with Crippen LogP contribution < -0.4 is 29.7 Å². The maximum Gasteiger partial charge on any atom is 0.259 e. The van der Waals surface area contributed by atoms with Gasteiger partial charge in [0.15, 0.2) is 0 Å². The summed E-state index contributed by atoms with van der Waals surface area (Å²) >= 11 is 0. The number of methoxy groups -OCH3 is 2. The Morgan fingerprint density at radius 1 is 1.13 bits per heavy atom. The molecule has 1 aromatic heterocycles. The Kier molecular flexibility index (Phi) is 7.57. The molecule has 5 rings (SSSR count). The van der Waals surface area contributed by atoms with Crippen molar-refractivity contribution in [2.24, 2.45) is 0 Å². The van der Waals surface area contributed by atoms with Gasteiger partial charge in [0.25, 0.3) is 5.91 Å². The molecule has 2 amide bonds. The summed E-state index contributed by atoms with van der Waals surface area (Å²) in [5, 5.41) is 5.68. The van der Waals surface area contributed by atoms with Crippen LogP contribution in [-0.4, -0.2) is 55.1 Å². The van der Waals surface area contributed by atoms with Crippen molar-refractivity contribution in [3.63, 3.8) is 0 Å². The SMILES string of the molecule is COc1cccc(COc2nc(N3CCc4cc(OC)ccc43)ncc2C(=O)NC2CCCCNC2=O)c1. The van der Waals surface area contributed by atoms with Crippen LogP contribution in [0.1, 0.15) is 40.7 Å². The van der Waals surface area contributed by atoms with Gasteiger partial charge < -0.3 is 29.7 Å². The van der Waals surface area contributed by atoms with Crippen LogP contribution in [0, 0.1) is 0 Å². The fourth-order valence-electron chi connectivity index (χ4n) is 4.69. The van der Waals surface area contributed by atoms with Crippen molar-refractivity contribution < 1.29 is 23.8 Å². The number of ether oxygens (including phenoxy) is 3. The van der Waals surface area contributed by atoms with Crippen LogP contribution in [0.15, 0.2) is 48.7 Å². The standard InChI is InChI=1S/C28H31N5O5/c1-36-20-7-5-6-18(14-20)17-38-27-22(25(34)31-23-8-3-4-12-29-26(23)35)16-30-28(32-27)33-13-11-19-15-21(37-2)9-10-24(19)33/h5-7,9-10,14-16,23H,3-4,8,11-13,17H2,1-2H3,(H,29,35)(H,31,34). The third-order valence-corrected chi connectivity index (χ3v) is 6.76. The predicted molar refractivity (Wildman–Crippen MR) is 141 cm³/mol. The Labute approximate surface area is 221 Å². The van der Waals surface area contributed by atoms with Crippen LogP contribution in [0.3, 0.4) is 0 Å². The highest BCUT2D eigenvalue weighted by atomic mass is 16.5. The van der Waals surface area contributed by atoms with E-state index in [1.807, 2.05) is 47.4 Å². The zero-order chi connectivity index (χ0) is 26.5. The van der Waals surface area contributed by atoms with E-state index >= 15 is 0 Å². The van der Waals surface area contributed by atoms with E-state index < -0.39 is 11.9 Å². The van der Waals surface area contributed by atoms with E-state index in [0.717, 1.165) is 41.8 Å². The molecule has 1 saturated heterocycles. The first kappa shape index (κ1) is 25.3. The molecule has 2 N–H and O–H groups in total. The number of nitrogens with one attached hydrogen (secondary N) is 2. The lowest BCUT2D eigenvalue weighted by Gasteiger charge is -2.20. The molecule has 0 spiro atoms. The lowest BCUT2D eigenvalue weighted by molar-refractivity contribution is -0.122. The highest BCUT2D eigenvalue weighted by Gasteiger charge is 2.28. The third kappa shape index (κ3) is 5.49. The number of benzene rings is 2. The molecule has 38 heavy (non-hydrogen) atoms. The van der Waals surface area contributed by atoms with Gasteiger partial charge in [-0.15, -0.1) is 0 Å². The van der Waals surface area contributed by atoms with Crippen molar-refractivity contribution in [1.29, 1.82) is 0 Å². The minimum absolute atomic E-state index is 0.145. The Morgan fingerprint density at radius 3 is 2.82 bits per heavy atom. The van der Waals surface area contributed by atoms with E-state index in [1.165, 1.54) is 6.20 Å².